The van der Waals surface area contributed by atoms with Crippen molar-refractivity contribution >= 4 is 11.8 Å². The van der Waals surface area contributed by atoms with E-state index in [2.05, 4.69) is 10.2 Å². The van der Waals surface area contributed by atoms with Gasteiger partial charge in [-0.3, -0.25) is 0 Å². The Morgan fingerprint density at radius 3 is 2.37 bits per heavy atom. The van der Waals surface area contributed by atoms with Crippen molar-refractivity contribution in [3.8, 4) is 11.1 Å². The minimum absolute atomic E-state index is 0.148. The number of rotatable bonds is 3. The topological polar surface area (TPSA) is 66.3 Å². The van der Waals surface area contributed by atoms with Crippen molar-refractivity contribution in [2.75, 3.05) is 19.0 Å². The third-order valence-electron chi connectivity index (χ3n) is 2.57. The highest BCUT2D eigenvalue weighted by molar-refractivity contribution is 5.88. The van der Waals surface area contributed by atoms with Gasteiger partial charge in [-0.1, -0.05) is 12.1 Å². The molecule has 98 valence electrons. The van der Waals surface area contributed by atoms with E-state index in [1.54, 1.807) is 31.1 Å². The highest BCUT2D eigenvalue weighted by Crippen LogP contribution is 2.28. The van der Waals surface area contributed by atoms with Crippen LogP contribution in [0.15, 0.2) is 30.3 Å². The number of carboxylic acid groups (broad SMARTS) is 1. The summed E-state index contributed by atoms with van der Waals surface area (Å²) in [6.45, 7) is 0. The van der Waals surface area contributed by atoms with Crippen molar-refractivity contribution in [1.82, 2.24) is 10.2 Å². The maximum absolute atomic E-state index is 12.9. The Bertz CT molecular complexity index is 612. The van der Waals surface area contributed by atoms with Crippen LogP contribution in [0.4, 0.5) is 10.2 Å². The van der Waals surface area contributed by atoms with E-state index in [1.807, 2.05) is 0 Å². The smallest absolute Gasteiger partial charge is 0.356 e. The lowest BCUT2D eigenvalue weighted by atomic mass is 10.1. The monoisotopic (exact) mass is 261 g/mol. The average molecular weight is 261 g/mol. The zero-order valence-electron chi connectivity index (χ0n) is 10.5. The fourth-order valence-corrected chi connectivity index (χ4v) is 1.66. The fourth-order valence-electron chi connectivity index (χ4n) is 1.66. The number of carbonyl (C=O) groups is 1. The van der Waals surface area contributed by atoms with Crippen LogP contribution in [0.25, 0.3) is 11.1 Å². The van der Waals surface area contributed by atoms with Crippen molar-refractivity contribution in [2.24, 2.45) is 0 Å². The maximum Gasteiger partial charge on any atom is 0.356 e. The first-order valence-electron chi connectivity index (χ1n) is 5.53. The molecule has 0 aliphatic carbocycles. The van der Waals surface area contributed by atoms with Gasteiger partial charge in [-0.15, -0.1) is 10.2 Å². The Morgan fingerprint density at radius 1 is 1.21 bits per heavy atom. The van der Waals surface area contributed by atoms with Crippen LogP contribution in [0.5, 0.6) is 0 Å². The molecule has 0 radical (unpaired) electrons. The molecule has 0 unspecified atom stereocenters. The maximum atomic E-state index is 12.9. The van der Waals surface area contributed by atoms with Gasteiger partial charge in [0.2, 0.25) is 0 Å². The van der Waals surface area contributed by atoms with Crippen molar-refractivity contribution < 1.29 is 14.3 Å². The second-order valence-corrected chi connectivity index (χ2v) is 4.17. The molecule has 0 atom stereocenters. The molecule has 0 fully saturated rings. The van der Waals surface area contributed by atoms with Gasteiger partial charge in [-0.25, -0.2) is 9.18 Å². The molecule has 0 bridgehead atoms. The lowest BCUT2D eigenvalue weighted by Crippen LogP contribution is -2.14. The normalized spacial score (nSPS) is 10.3. The number of aromatic carboxylic acids is 1. The largest absolute Gasteiger partial charge is 0.476 e. The SMILES string of the molecule is CN(C)c1nnc(C(=O)O)cc1-c1ccc(F)cc1. The van der Waals surface area contributed by atoms with Gasteiger partial charge in [0, 0.05) is 19.7 Å². The third-order valence-corrected chi connectivity index (χ3v) is 2.57. The van der Waals surface area contributed by atoms with Gasteiger partial charge >= 0.3 is 5.97 Å². The summed E-state index contributed by atoms with van der Waals surface area (Å²) in [4.78, 5) is 12.7. The highest BCUT2D eigenvalue weighted by Gasteiger charge is 2.14. The van der Waals surface area contributed by atoms with Gasteiger partial charge in [-0.2, -0.15) is 0 Å². The molecule has 2 aromatic rings. The highest BCUT2D eigenvalue weighted by atomic mass is 19.1. The van der Waals surface area contributed by atoms with Crippen LogP contribution in [0, 0.1) is 5.82 Å². The first kappa shape index (κ1) is 12.9. The number of benzene rings is 1. The molecule has 0 spiro atoms. The summed E-state index contributed by atoms with van der Waals surface area (Å²) >= 11 is 0. The van der Waals surface area contributed by atoms with E-state index >= 15 is 0 Å². The van der Waals surface area contributed by atoms with Crippen LogP contribution in [0.1, 0.15) is 10.5 Å². The van der Waals surface area contributed by atoms with Crippen molar-refractivity contribution in [3.05, 3.63) is 41.8 Å². The molecule has 0 aliphatic heterocycles. The molecule has 2 rings (SSSR count). The summed E-state index contributed by atoms with van der Waals surface area (Å²) in [5.41, 5.74) is 1.13. The van der Waals surface area contributed by atoms with Crippen LogP contribution >= 0.6 is 0 Å². The van der Waals surface area contributed by atoms with Gasteiger partial charge in [0.25, 0.3) is 0 Å². The van der Waals surface area contributed by atoms with E-state index in [4.69, 9.17) is 5.11 Å². The van der Waals surface area contributed by atoms with Gasteiger partial charge in [0.05, 0.1) is 0 Å². The Morgan fingerprint density at radius 2 is 1.84 bits per heavy atom. The molecule has 0 saturated carbocycles. The number of aromatic nitrogens is 2. The van der Waals surface area contributed by atoms with Gasteiger partial charge in [0.1, 0.15) is 5.82 Å². The Balaban J connectivity index is 2.60. The molecular formula is C13H12FN3O2. The molecule has 1 aromatic carbocycles. The van der Waals surface area contributed by atoms with Crippen LogP contribution in [0.2, 0.25) is 0 Å². The van der Waals surface area contributed by atoms with Crippen molar-refractivity contribution in [1.29, 1.82) is 0 Å². The molecule has 19 heavy (non-hydrogen) atoms. The Kier molecular flexibility index (Phi) is 3.41. The summed E-state index contributed by atoms with van der Waals surface area (Å²) in [7, 11) is 3.55. The molecule has 1 N–H and O–H groups in total. The second kappa shape index (κ2) is 5.01. The third kappa shape index (κ3) is 2.67. The zero-order valence-corrected chi connectivity index (χ0v) is 10.5. The van der Waals surface area contributed by atoms with Crippen molar-refractivity contribution in [2.45, 2.75) is 0 Å². The summed E-state index contributed by atoms with van der Waals surface area (Å²) in [6.07, 6.45) is 0. The summed E-state index contributed by atoms with van der Waals surface area (Å²) in [5.74, 6) is -0.978. The van der Waals surface area contributed by atoms with E-state index in [1.165, 1.54) is 18.2 Å². The predicted molar refractivity (Wildman–Crippen MR) is 68.7 cm³/mol. The second-order valence-electron chi connectivity index (χ2n) is 4.17. The standard InChI is InChI=1S/C13H12FN3O2/c1-17(2)12-10(7-11(13(18)19)15-16-12)8-3-5-9(14)6-4-8/h3-7H,1-2H3,(H,18,19). The summed E-state index contributed by atoms with van der Waals surface area (Å²) in [5, 5.41) is 16.5. The minimum Gasteiger partial charge on any atom is -0.476 e. The van der Waals surface area contributed by atoms with E-state index in [0.717, 1.165) is 0 Å². The quantitative estimate of drug-likeness (QED) is 0.915. The zero-order chi connectivity index (χ0) is 14.0. The van der Waals surface area contributed by atoms with E-state index < -0.39 is 5.97 Å². The van der Waals surface area contributed by atoms with Gasteiger partial charge in [-0.05, 0) is 23.8 Å². The molecule has 0 aliphatic rings. The molecule has 5 nitrogen and oxygen atoms in total. The van der Waals surface area contributed by atoms with Gasteiger partial charge in [0.15, 0.2) is 11.5 Å². The number of nitrogens with zero attached hydrogens (tertiary/aromatic N) is 3. The lowest BCUT2D eigenvalue weighted by molar-refractivity contribution is 0.0689. The number of hydrogen-bond acceptors (Lipinski definition) is 4. The molecule has 1 heterocycles. The number of carboxylic acids is 1. The first-order valence-corrected chi connectivity index (χ1v) is 5.53. The van der Waals surface area contributed by atoms with Crippen LogP contribution < -0.4 is 4.90 Å². The molecule has 6 heteroatoms. The van der Waals surface area contributed by atoms with Crippen LogP contribution in [-0.4, -0.2) is 35.4 Å². The summed E-state index contributed by atoms with van der Waals surface area (Å²) < 4.78 is 12.9. The molecule has 1 aromatic heterocycles. The number of halogens is 1. The lowest BCUT2D eigenvalue weighted by Gasteiger charge is -2.15. The number of hydrogen-bond donors (Lipinski definition) is 1. The Labute approximate surface area is 109 Å². The number of anilines is 1. The molecule has 0 saturated heterocycles. The van der Waals surface area contributed by atoms with E-state index in [9.17, 15) is 9.18 Å². The van der Waals surface area contributed by atoms with E-state index in [0.29, 0.717) is 16.9 Å². The van der Waals surface area contributed by atoms with E-state index in [-0.39, 0.29) is 11.5 Å². The molecule has 0 amide bonds. The Hall–Kier alpha value is -2.50. The van der Waals surface area contributed by atoms with Crippen LogP contribution in [-0.2, 0) is 0 Å². The first-order chi connectivity index (χ1) is 8.99. The fraction of sp³-hybridized carbons (Fsp3) is 0.154. The predicted octanol–water partition coefficient (Wildman–Crippen LogP) is 2.05. The molecular weight excluding hydrogens is 249 g/mol. The minimum atomic E-state index is -1.15. The van der Waals surface area contributed by atoms with Crippen molar-refractivity contribution in [3.63, 3.8) is 0 Å². The summed E-state index contributed by atoms with van der Waals surface area (Å²) in [6, 6.07) is 7.21. The van der Waals surface area contributed by atoms with Crippen LogP contribution in [0.3, 0.4) is 0 Å². The van der Waals surface area contributed by atoms with Gasteiger partial charge < -0.3 is 10.0 Å². The average Bonchev–Trinajstić information content (AvgIpc) is 2.38.